The van der Waals surface area contributed by atoms with Crippen molar-refractivity contribution in [2.75, 3.05) is 13.7 Å². The molecule has 0 saturated carbocycles. The van der Waals surface area contributed by atoms with Crippen LogP contribution in [-0.4, -0.2) is 41.6 Å². The number of carbonyl (C=O) groups excluding carboxylic acids is 1. The maximum atomic E-state index is 14.2. The summed E-state index contributed by atoms with van der Waals surface area (Å²) in [5, 5.41) is 11.4. The molecule has 3 rings (SSSR count). The van der Waals surface area contributed by atoms with E-state index in [0.717, 1.165) is 12.1 Å². The fourth-order valence-corrected chi connectivity index (χ4v) is 4.20. The molecule has 0 aliphatic rings. The number of rotatable bonds is 8. The first-order chi connectivity index (χ1) is 15.8. The van der Waals surface area contributed by atoms with Gasteiger partial charge < -0.3 is 19.6 Å². The zero-order chi connectivity index (χ0) is 25.3. The van der Waals surface area contributed by atoms with Gasteiger partial charge in [-0.2, -0.15) is 13.2 Å². The number of aliphatic hydroxyl groups is 1. The predicted molar refractivity (Wildman–Crippen MR) is 119 cm³/mol. The Morgan fingerprint density at radius 3 is 2.44 bits per heavy atom. The van der Waals surface area contributed by atoms with E-state index in [1.54, 1.807) is 6.07 Å². The molecule has 0 aliphatic carbocycles. The van der Waals surface area contributed by atoms with Crippen LogP contribution in [0.3, 0.4) is 0 Å². The third kappa shape index (κ3) is 5.19. The minimum Gasteiger partial charge on any atom is -0.496 e. The summed E-state index contributed by atoms with van der Waals surface area (Å²) in [7, 11) is 1.34. The van der Waals surface area contributed by atoms with Crippen LogP contribution in [0.1, 0.15) is 41.9 Å². The topological polar surface area (TPSA) is 71.6 Å². The molecule has 1 atom stereocenters. The average Bonchev–Trinajstić information content (AvgIpc) is 3.13. The third-order valence-electron chi connectivity index (χ3n) is 5.78. The van der Waals surface area contributed by atoms with Gasteiger partial charge in [0.25, 0.3) is 0 Å². The summed E-state index contributed by atoms with van der Waals surface area (Å²) in [5.74, 6) is -0.997. The van der Waals surface area contributed by atoms with Crippen LogP contribution in [0.15, 0.2) is 42.5 Å². The number of hydrogen-bond donors (Lipinski definition) is 2. The summed E-state index contributed by atoms with van der Waals surface area (Å²) in [4.78, 5) is 14.8. The number of benzene rings is 2. The Balaban J connectivity index is 1.96. The van der Waals surface area contributed by atoms with Gasteiger partial charge in [-0.1, -0.05) is 13.8 Å². The number of aromatic nitrogens is 1. The van der Waals surface area contributed by atoms with Gasteiger partial charge >= 0.3 is 12.1 Å². The summed E-state index contributed by atoms with van der Waals surface area (Å²) >= 11 is 0. The molecule has 0 amide bonds. The van der Waals surface area contributed by atoms with Crippen LogP contribution in [0.25, 0.3) is 10.9 Å². The molecule has 2 N–H and O–H groups in total. The monoisotopic (exact) mass is 480 g/mol. The van der Waals surface area contributed by atoms with Crippen molar-refractivity contribution >= 4 is 16.9 Å². The fourth-order valence-electron chi connectivity index (χ4n) is 4.20. The second kappa shape index (κ2) is 9.29. The minimum atomic E-state index is -4.98. The number of esters is 1. The largest absolute Gasteiger partial charge is 0.496 e. The lowest BCUT2D eigenvalue weighted by molar-refractivity contribution is -0.266. The van der Waals surface area contributed by atoms with E-state index in [4.69, 9.17) is 9.47 Å². The van der Waals surface area contributed by atoms with Gasteiger partial charge in [0.05, 0.1) is 19.3 Å². The Hall–Kier alpha value is -3.07. The van der Waals surface area contributed by atoms with Crippen LogP contribution in [-0.2, 0) is 16.6 Å². The molecule has 0 spiro atoms. The Bertz CT molecular complexity index is 1190. The highest BCUT2D eigenvalue weighted by Crippen LogP contribution is 2.45. The lowest BCUT2D eigenvalue weighted by Gasteiger charge is -2.38. The first kappa shape index (κ1) is 25.6. The van der Waals surface area contributed by atoms with Crippen LogP contribution in [0, 0.1) is 12.7 Å². The summed E-state index contributed by atoms with van der Waals surface area (Å²) < 4.78 is 66.5. The summed E-state index contributed by atoms with van der Waals surface area (Å²) in [5.41, 5.74) is -3.37. The molecule has 2 aromatic carbocycles. The van der Waals surface area contributed by atoms with Gasteiger partial charge in [0.2, 0.25) is 0 Å². The van der Waals surface area contributed by atoms with Crippen molar-refractivity contribution < 1.29 is 36.9 Å². The molecule has 0 fully saturated rings. The van der Waals surface area contributed by atoms with Crippen LogP contribution in [0.5, 0.6) is 5.75 Å². The Labute approximate surface area is 194 Å². The van der Waals surface area contributed by atoms with Crippen molar-refractivity contribution in [3.8, 4) is 5.75 Å². The molecule has 0 bridgehead atoms. The summed E-state index contributed by atoms with van der Waals surface area (Å²) in [6.07, 6.45) is -6.50. The van der Waals surface area contributed by atoms with E-state index in [2.05, 4.69) is 11.9 Å². The van der Waals surface area contributed by atoms with Crippen molar-refractivity contribution in [3.63, 3.8) is 0 Å². The van der Waals surface area contributed by atoms with E-state index in [0.29, 0.717) is 10.9 Å². The number of halogens is 4. The lowest BCUT2D eigenvalue weighted by atomic mass is 9.73. The van der Waals surface area contributed by atoms with Crippen LogP contribution >= 0.6 is 0 Å². The van der Waals surface area contributed by atoms with E-state index >= 15 is 0 Å². The van der Waals surface area contributed by atoms with E-state index in [1.165, 1.54) is 45.2 Å². The normalized spacial score (nSPS) is 14.1. The summed E-state index contributed by atoms with van der Waals surface area (Å²) in [6.45, 7) is 6.37. The van der Waals surface area contributed by atoms with Gasteiger partial charge in [-0.25, -0.2) is 9.18 Å². The number of alkyl halides is 3. The van der Waals surface area contributed by atoms with Gasteiger partial charge in [-0.15, -0.1) is 0 Å². The van der Waals surface area contributed by atoms with Crippen LogP contribution < -0.4 is 4.74 Å². The predicted octanol–water partition coefficient (Wildman–Crippen LogP) is 5.51. The first-order valence-corrected chi connectivity index (χ1v) is 10.5. The number of aromatic amines is 1. The highest BCUT2D eigenvalue weighted by Gasteiger charge is 2.56. The first-order valence-electron chi connectivity index (χ1n) is 10.5. The number of hydrogen-bond acceptors (Lipinski definition) is 4. The van der Waals surface area contributed by atoms with Gasteiger partial charge in [-0.3, -0.25) is 0 Å². The van der Waals surface area contributed by atoms with Crippen molar-refractivity contribution in [1.29, 1.82) is 0 Å². The van der Waals surface area contributed by atoms with Crippen LogP contribution in [0.2, 0.25) is 0 Å². The number of fused-ring (bicyclic) bond motifs is 1. The van der Waals surface area contributed by atoms with Gasteiger partial charge in [0.15, 0.2) is 5.60 Å². The van der Waals surface area contributed by atoms with E-state index in [9.17, 15) is 27.5 Å². The molecule has 1 heterocycles. The molecular weight excluding hydrogens is 454 g/mol. The van der Waals surface area contributed by atoms with Crippen molar-refractivity contribution in [2.45, 2.75) is 43.9 Å². The standard InChI is InChI=1S/C25H26F4NO4/c1-5-34-22(31)15-6-8-20-16(10-15)11-18(30-20)13-24(32,25(27,28)29)14-23(2,3)19-12-17(26)7-9-21(19)33-4/h6-12,30,32H,1,5,13-14H2,2-4H3. The highest BCUT2D eigenvalue weighted by molar-refractivity contribution is 5.94. The Morgan fingerprint density at radius 1 is 1.12 bits per heavy atom. The number of H-pyrrole nitrogens is 1. The average molecular weight is 480 g/mol. The molecule has 183 valence electrons. The molecule has 0 aliphatic heterocycles. The molecule has 3 aromatic rings. The quantitative estimate of drug-likeness (QED) is 0.330. The molecule has 0 saturated heterocycles. The SMILES string of the molecule is [CH2]COC(=O)c1ccc2[nH]c(CC(O)(CC(C)(C)c3cc(F)ccc3OC)C(F)(F)F)cc2c1. The molecular formula is C25H26F4NO4. The van der Waals surface area contributed by atoms with E-state index in [1.807, 2.05) is 0 Å². The number of methoxy groups -OCH3 is 1. The molecule has 34 heavy (non-hydrogen) atoms. The van der Waals surface area contributed by atoms with Crippen molar-refractivity contribution in [3.05, 3.63) is 72.0 Å². The molecule has 5 nitrogen and oxygen atoms in total. The van der Waals surface area contributed by atoms with Crippen molar-refractivity contribution in [2.24, 2.45) is 0 Å². The number of ether oxygens (including phenoxy) is 2. The number of nitrogens with one attached hydrogen (secondary N) is 1. The Morgan fingerprint density at radius 2 is 1.82 bits per heavy atom. The smallest absolute Gasteiger partial charge is 0.417 e. The van der Waals surface area contributed by atoms with E-state index in [-0.39, 0.29) is 29.2 Å². The molecule has 9 heteroatoms. The maximum absolute atomic E-state index is 14.2. The molecule has 1 radical (unpaired) electrons. The van der Waals surface area contributed by atoms with Gasteiger partial charge in [0, 0.05) is 28.6 Å². The minimum absolute atomic E-state index is 0.0558. The number of carbonyl (C=O) groups is 1. The van der Waals surface area contributed by atoms with Crippen LogP contribution in [0.4, 0.5) is 17.6 Å². The second-order valence-corrected chi connectivity index (χ2v) is 8.84. The fraction of sp³-hybridized carbons (Fsp3) is 0.360. The summed E-state index contributed by atoms with van der Waals surface area (Å²) in [6, 6.07) is 9.58. The molecule has 1 unspecified atom stereocenters. The third-order valence-corrected chi connectivity index (χ3v) is 5.78. The lowest BCUT2D eigenvalue weighted by Crippen LogP contribution is -2.51. The second-order valence-electron chi connectivity index (χ2n) is 8.84. The highest BCUT2D eigenvalue weighted by atomic mass is 19.4. The molecule has 1 aromatic heterocycles. The zero-order valence-electron chi connectivity index (χ0n) is 19.1. The zero-order valence-corrected chi connectivity index (χ0v) is 19.1. The van der Waals surface area contributed by atoms with Gasteiger partial charge in [0.1, 0.15) is 11.6 Å². The Kier molecular flexibility index (Phi) is 6.98. The van der Waals surface area contributed by atoms with E-state index < -0.39 is 41.8 Å². The van der Waals surface area contributed by atoms with Gasteiger partial charge in [-0.05, 0) is 61.2 Å². The maximum Gasteiger partial charge on any atom is 0.417 e. The van der Waals surface area contributed by atoms with Crippen molar-refractivity contribution in [1.82, 2.24) is 4.98 Å².